The van der Waals surface area contributed by atoms with Crippen molar-refractivity contribution in [1.29, 1.82) is 0 Å². The van der Waals surface area contributed by atoms with E-state index in [0.717, 1.165) is 18.4 Å². The summed E-state index contributed by atoms with van der Waals surface area (Å²) in [6, 6.07) is 7.52. The van der Waals surface area contributed by atoms with Crippen LogP contribution in [-0.2, 0) is 20.1 Å². The van der Waals surface area contributed by atoms with Crippen molar-refractivity contribution < 1.29 is 19.5 Å². The molecule has 0 bridgehead atoms. The highest BCUT2D eigenvalue weighted by atomic mass is 32.2. The van der Waals surface area contributed by atoms with E-state index in [0.29, 0.717) is 12.3 Å². The van der Waals surface area contributed by atoms with Crippen LogP contribution in [0.1, 0.15) is 51.1 Å². The second-order valence-electron chi connectivity index (χ2n) is 7.80. The van der Waals surface area contributed by atoms with Crippen LogP contribution >= 0.6 is 11.8 Å². The molecule has 0 radical (unpaired) electrons. The fourth-order valence-electron chi connectivity index (χ4n) is 3.32. The molecule has 184 valence electrons. The van der Waals surface area contributed by atoms with E-state index in [4.69, 9.17) is 0 Å². The molecule has 0 saturated carbocycles. The molecule has 0 saturated heterocycles. The molecule has 1 aromatic heterocycles. The lowest BCUT2D eigenvalue weighted by Gasteiger charge is -2.22. The van der Waals surface area contributed by atoms with Gasteiger partial charge in [0.2, 0.25) is 5.91 Å². The van der Waals surface area contributed by atoms with E-state index in [1.54, 1.807) is 6.92 Å². The number of thioether (sulfide) groups is 1. The predicted octanol–water partition coefficient (Wildman–Crippen LogP) is 2.87. The van der Waals surface area contributed by atoms with Crippen molar-refractivity contribution in [3.63, 3.8) is 0 Å². The van der Waals surface area contributed by atoms with E-state index >= 15 is 0 Å². The summed E-state index contributed by atoms with van der Waals surface area (Å²) in [5.74, 6) is -1.35. The number of carboxylic acids is 1. The summed E-state index contributed by atoms with van der Waals surface area (Å²) in [4.78, 5) is 54.0. The van der Waals surface area contributed by atoms with Crippen LogP contribution in [0.4, 0.5) is 5.82 Å². The standard InChI is InChI=1S/C24H32N4O5S/c1-3-5-11-25-22-24(33)28(13-12-26-22)19(4-2)23(32)27-18(14-21(30)31)20(29)16-34-15-17-9-7-6-8-10-17/h6-10,12-13,18-19H,3-5,11,14-16H2,1-2H3,(H,25,26)(H,27,32)(H,30,31)/t18-,19?/m0/s1. The summed E-state index contributed by atoms with van der Waals surface area (Å²) >= 11 is 1.36. The van der Waals surface area contributed by atoms with Gasteiger partial charge in [-0.1, -0.05) is 50.6 Å². The summed E-state index contributed by atoms with van der Waals surface area (Å²) in [7, 11) is 0. The number of carboxylic acid groups (broad SMARTS) is 1. The van der Waals surface area contributed by atoms with Crippen molar-refractivity contribution in [3.8, 4) is 0 Å². The van der Waals surface area contributed by atoms with Crippen molar-refractivity contribution in [2.45, 2.75) is 57.4 Å². The highest BCUT2D eigenvalue weighted by Crippen LogP contribution is 2.15. The van der Waals surface area contributed by atoms with E-state index in [1.165, 1.54) is 28.7 Å². The van der Waals surface area contributed by atoms with E-state index in [1.807, 2.05) is 37.3 Å². The Kier molecular flexibility index (Phi) is 11.3. The maximum atomic E-state index is 13.0. The Bertz CT molecular complexity index is 1010. The number of rotatable bonds is 15. The maximum absolute atomic E-state index is 13.0. The zero-order valence-electron chi connectivity index (χ0n) is 19.5. The van der Waals surface area contributed by atoms with Gasteiger partial charge in [0.15, 0.2) is 11.6 Å². The fraction of sp³-hybridized carbons (Fsp3) is 0.458. The number of nitrogens with one attached hydrogen (secondary N) is 2. The first kappa shape index (κ1) is 27.1. The van der Waals surface area contributed by atoms with Crippen LogP contribution in [0.5, 0.6) is 0 Å². The molecule has 10 heteroatoms. The van der Waals surface area contributed by atoms with Crippen LogP contribution in [0.15, 0.2) is 47.5 Å². The minimum absolute atomic E-state index is 0.0601. The molecule has 0 aliphatic rings. The number of hydrogen-bond donors (Lipinski definition) is 3. The molecule has 34 heavy (non-hydrogen) atoms. The lowest BCUT2D eigenvalue weighted by atomic mass is 10.1. The van der Waals surface area contributed by atoms with Crippen LogP contribution in [-0.4, -0.2) is 50.7 Å². The van der Waals surface area contributed by atoms with Crippen LogP contribution in [0.2, 0.25) is 0 Å². The summed E-state index contributed by atoms with van der Waals surface area (Å²) < 4.78 is 1.27. The molecule has 2 aromatic rings. The minimum Gasteiger partial charge on any atom is -0.481 e. The third-order valence-electron chi connectivity index (χ3n) is 5.16. The summed E-state index contributed by atoms with van der Waals surface area (Å²) in [6.45, 7) is 4.36. The van der Waals surface area contributed by atoms with Gasteiger partial charge in [0.1, 0.15) is 6.04 Å². The highest BCUT2D eigenvalue weighted by Gasteiger charge is 2.28. The number of carbonyl (C=O) groups excluding carboxylic acids is 2. The van der Waals surface area contributed by atoms with Gasteiger partial charge in [0, 0.05) is 24.7 Å². The molecule has 1 aromatic carbocycles. The number of benzene rings is 1. The van der Waals surface area contributed by atoms with Gasteiger partial charge in [0.25, 0.3) is 5.56 Å². The first-order chi connectivity index (χ1) is 16.4. The lowest BCUT2D eigenvalue weighted by molar-refractivity contribution is -0.140. The molecule has 1 heterocycles. The molecule has 1 amide bonds. The van der Waals surface area contributed by atoms with Gasteiger partial charge in [0.05, 0.1) is 18.2 Å². The highest BCUT2D eigenvalue weighted by molar-refractivity contribution is 7.99. The van der Waals surface area contributed by atoms with E-state index in [-0.39, 0.29) is 23.8 Å². The Morgan fingerprint density at radius 1 is 1.18 bits per heavy atom. The van der Waals surface area contributed by atoms with Gasteiger partial charge >= 0.3 is 5.97 Å². The Morgan fingerprint density at radius 3 is 2.56 bits per heavy atom. The first-order valence-corrected chi connectivity index (χ1v) is 12.5. The van der Waals surface area contributed by atoms with Crippen LogP contribution in [0.25, 0.3) is 0 Å². The summed E-state index contributed by atoms with van der Waals surface area (Å²) in [6.07, 6.45) is 4.44. The molecule has 2 atom stereocenters. The molecule has 0 spiro atoms. The monoisotopic (exact) mass is 488 g/mol. The molecule has 2 rings (SSSR count). The Morgan fingerprint density at radius 2 is 1.91 bits per heavy atom. The number of anilines is 1. The van der Waals surface area contributed by atoms with Gasteiger partial charge in [-0.15, -0.1) is 11.8 Å². The van der Waals surface area contributed by atoms with Gasteiger partial charge in [-0.25, -0.2) is 4.98 Å². The van der Waals surface area contributed by atoms with Crippen LogP contribution in [0, 0.1) is 0 Å². The number of carbonyl (C=O) groups is 3. The zero-order chi connectivity index (χ0) is 24.9. The maximum Gasteiger partial charge on any atom is 0.305 e. The second kappa shape index (κ2) is 14.2. The molecule has 1 unspecified atom stereocenters. The van der Waals surface area contributed by atoms with Crippen LogP contribution in [0.3, 0.4) is 0 Å². The van der Waals surface area contributed by atoms with Crippen LogP contribution < -0.4 is 16.2 Å². The van der Waals surface area contributed by atoms with Crippen molar-refractivity contribution in [2.75, 3.05) is 17.6 Å². The zero-order valence-corrected chi connectivity index (χ0v) is 20.3. The lowest BCUT2D eigenvalue weighted by Crippen LogP contribution is -2.47. The first-order valence-electron chi connectivity index (χ1n) is 11.3. The van der Waals surface area contributed by atoms with Crippen molar-refractivity contribution in [2.24, 2.45) is 0 Å². The largest absolute Gasteiger partial charge is 0.481 e. The average molecular weight is 489 g/mol. The Hall–Kier alpha value is -3.14. The molecule has 0 aliphatic carbocycles. The third-order valence-corrected chi connectivity index (χ3v) is 6.18. The van der Waals surface area contributed by atoms with Crippen molar-refractivity contribution in [3.05, 3.63) is 58.6 Å². The van der Waals surface area contributed by atoms with Gasteiger partial charge in [-0.2, -0.15) is 0 Å². The molecule has 9 nitrogen and oxygen atoms in total. The van der Waals surface area contributed by atoms with Gasteiger partial charge < -0.3 is 15.7 Å². The van der Waals surface area contributed by atoms with E-state index in [2.05, 4.69) is 15.6 Å². The predicted molar refractivity (Wildman–Crippen MR) is 133 cm³/mol. The minimum atomic E-state index is -1.19. The number of nitrogens with zero attached hydrogens (tertiary/aromatic N) is 2. The molecular formula is C24H32N4O5S. The number of unbranched alkanes of at least 4 members (excludes halogenated alkanes) is 1. The topological polar surface area (TPSA) is 130 Å². The quantitative estimate of drug-likeness (QED) is 0.326. The van der Waals surface area contributed by atoms with E-state index in [9.17, 15) is 24.3 Å². The molecular weight excluding hydrogens is 456 g/mol. The van der Waals surface area contributed by atoms with Gasteiger partial charge in [-0.05, 0) is 18.4 Å². The number of Topliss-reactive ketones (excluding diaryl/α,β-unsaturated/α-hetero) is 1. The Labute approximate surface area is 203 Å². The van der Waals surface area contributed by atoms with Gasteiger partial charge in [-0.3, -0.25) is 23.7 Å². The third kappa shape index (κ3) is 8.33. The van der Waals surface area contributed by atoms with Crippen molar-refractivity contribution >= 4 is 35.2 Å². The molecule has 0 aliphatic heterocycles. The molecule has 0 fully saturated rings. The second-order valence-corrected chi connectivity index (χ2v) is 8.78. The smallest absolute Gasteiger partial charge is 0.305 e. The fourth-order valence-corrected chi connectivity index (χ4v) is 4.25. The average Bonchev–Trinajstić information content (AvgIpc) is 2.81. The number of aliphatic carboxylic acids is 1. The summed E-state index contributed by atoms with van der Waals surface area (Å²) in [5.41, 5.74) is 0.603. The summed E-state index contributed by atoms with van der Waals surface area (Å²) in [5, 5.41) is 14.8. The number of amides is 1. The van der Waals surface area contributed by atoms with E-state index < -0.39 is 35.9 Å². The number of ketones is 1. The Balaban J connectivity index is 2.09. The number of hydrogen-bond acceptors (Lipinski definition) is 7. The van der Waals surface area contributed by atoms with Crippen molar-refractivity contribution in [1.82, 2.24) is 14.9 Å². The normalized spacial score (nSPS) is 12.5. The number of aromatic nitrogens is 2. The molecule has 3 N–H and O–H groups in total. The SMILES string of the molecule is CCCCNc1nccn(C(CC)C(=O)N[C@@H](CC(=O)O)C(=O)CSCc2ccccc2)c1=O.